The van der Waals surface area contributed by atoms with Crippen LogP contribution in [-0.2, 0) is 0 Å². The second-order valence-electron chi connectivity index (χ2n) is 2.74. The van der Waals surface area contributed by atoms with Crippen LogP contribution in [0.25, 0.3) is 10.8 Å². The lowest BCUT2D eigenvalue weighted by Gasteiger charge is -2.02. The molecule has 0 spiro atoms. The number of halogens is 1. The maximum atomic E-state index is 13.3. The fraction of sp³-hybridized carbons (Fsp3) is 0. The minimum absolute atomic E-state index is 0.238. The summed E-state index contributed by atoms with van der Waals surface area (Å²) in [4.78, 5) is 1.00. The second kappa shape index (κ2) is 2.99. The first-order valence-electron chi connectivity index (χ1n) is 3.89. The fourth-order valence-electron chi connectivity index (χ4n) is 1.29. The van der Waals surface area contributed by atoms with Crippen molar-refractivity contribution in [3.63, 3.8) is 0 Å². The van der Waals surface area contributed by atoms with Gasteiger partial charge in [0.15, 0.2) is 5.49 Å². The number of nitrogens with two attached hydrogens (primary N) is 2. The van der Waals surface area contributed by atoms with Gasteiger partial charge in [0, 0.05) is 10.8 Å². The maximum absolute atomic E-state index is 13.3. The fourth-order valence-corrected chi connectivity index (χ4v) is 1.29. The third kappa shape index (κ3) is 1.08. The van der Waals surface area contributed by atoms with Crippen molar-refractivity contribution in [3.8, 4) is 0 Å². The van der Waals surface area contributed by atoms with Gasteiger partial charge in [-0.25, -0.2) is 4.39 Å². The van der Waals surface area contributed by atoms with Gasteiger partial charge in [-0.1, -0.05) is 12.1 Å². The van der Waals surface area contributed by atoms with E-state index in [1.165, 1.54) is 12.3 Å². The molecule has 0 aliphatic heterocycles. The first-order valence-corrected chi connectivity index (χ1v) is 3.89. The minimum atomic E-state index is -0.375. The molecule has 0 saturated carbocycles. The number of benzene rings is 1. The van der Waals surface area contributed by atoms with Crippen LogP contribution in [0.3, 0.4) is 0 Å². The molecule has 0 aliphatic carbocycles. The van der Waals surface area contributed by atoms with Crippen LogP contribution in [0.2, 0.25) is 0 Å². The van der Waals surface area contributed by atoms with Crippen LogP contribution in [0.4, 0.5) is 4.39 Å². The monoisotopic (exact) mass is 193 g/mol. The predicted octanol–water partition coefficient (Wildman–Crippen LogP) is -0.336. The summed E-state index contributed by atoms with van der Waals surface area (Å²) in [5, 5.41) is 8.05. The number of nitrogens with zero attached hydrogens (tertiary/aromatic N) is 3. The largest absolute Gasteiger partial charge is 0.321 e. The van der Waals surface area contributed by atoms with Crippen molar-refractivity contribution in [2.24, 2.45) is 10.9 Å². The molecule has 1 aromatic carbocycles. The first-order chi connectivity index (χ1) is 6.74. The van der Waals surface area contributed by atoms with Crippen LogP contribution in [0.1, 0.15) is 0 Å². The Kier molecular flexibility index (Phi) is 1.81. The molecule has 5 nitrogen and oxygen atoms in total. The van der Waals surface area contributed by atoms with Crippen LogP contribution in [0.5, 0.6) is 0 Å². The van der Waals surface area contributed by atoms with E-state index in [1.54, 1.807) is 12.1 Å². The molecule has 2 rings (SSSR count). The normalized spacial score (nSPS) is 12.2. The summed E-state index contributed by atoms with van der Waals surface area (Å²) in [7, 11) is 0. The summed E-state index contributed by atoms with van der Waals surface area (Å²) in [6, 6.07) is 4.58. The van der Waals surface area contributed by atoms with Gasteiger partial charge < -0.3 is 11.7 Å². The van der Waals surface area contributed by atoms with Gasteiger partial charge in [0.1, 0.15) is 5.82 Å². The molecule has 1 heterocycles. The topological polar surface area (TPSA) is 82.2 Å². The van der Waals surface area contributed by atoms with Crippen molar-refractivity contribution in [2.45, 2.75) is 0 Å². The third-order valence-electron chi connectivity index (χ3n) is 1.94. The van der Waals surface area contributed by atoms with E-state index in [-0.39, 0.29) is 11.3 Å². The van der Waals surface area contributed by atoms with E-state index < -0.39 is 0 Å². The highest BCUT2D eigenvalue weighted by Gasteiger charge is 2.03. The lowest BCUT2D eigenvalue weighted by molar-refractivity contribution is 0.637. The number of hydrogen-bond acceptors (Lipinski definition) is 4. The highest BCUT2D eigenvalue weighted by atomic mass is 19.1. The van der Waals surface area contributed by atoms with E-state index >= 15 is 0 Å². The van der Waals surface area contributed by atoms with Gasteiger partial charge in [0.05, 0.1) is 6.20 Å². The molecule has 0 aliphatic rings. The molecule has 0 fully saturated rings. The molecule has 2 aromatic rings. The number of hydrogen-bond donors (Lipinski definition) is 2. The van der Waals surface area contributed by atoms with E-state index in [4.69, 9.17) is 11.7 Å². The minimum Gasteiger partial charge on any atom is -0.321 e. The van der Waals surface area contributed by atoms with Crippen molar-refractivity contribution in [1.29, 1.82) is 0 Å². The molecule has 0 radical (unpaired) electrons. The zero-order valence-electron chi connectivity index (χ0n) is 7.18. The molecule has 4 N–H and O–H groups in total. The molecule has 0 unspecified atom stereocenters. The van der Waals surface area contributed by atoms with E-state index in [1.807, 2.05) is 0 Å². The van der Waals surface area contributed by atoms with Gasteiger partial charge in [-0.15, -0.1) is 0 Å². The van der Waals surface area contributed by atoms with Gasteiger partial charge in [-0.2, -0.15) is 15.0 Å². The summed E-state index contributed by atoms with van der Waals surface area (Å²) < 4.78 is 13.3. The maximum Gasteiger partial charge on any atom is 0.198 e. The van der Waals surface area contributed by atoms with Gasteiger partial charge in [0.2, 0.25) is 0 Å². The standard InChI is InChI=1S/C8H8FN5/c9-7-3-1-2-5-6(7)4-12-14(11)8(5)13-10/h1-4H,10-11H2/b13-8-. The molecule has 0 bridgehead atoms. The molecule has 0 atom stereocenters. The first kappa shape index (κ1) is 8.49. The molecular formula is C8H8FN5. The SMILES string of the molecule is N/N=c1/c2cccc(F)c2cnn1N. The van der Waals surface area contributed by atoms with Crippen LogP contribution in [-0.4, -0.2) is 9.89 Å². The Bertz CT molecular complexity index is 545. The Balaban J connectivity index is 3.04. The zero-order valence-corrected chi connectivity index (χ0v) is 7.18. The average Bonchev–Trinajstić information content (AvgIpc) is 2.18. The van der Waals surface area contributed by atoms with Crippen molar-refractivity contribution in [1.82, 2.24) is 9.89 Å². The van der Waals surface area contributed by atoms with E-state index in [2.05, 4.69) is 10.2 Å². The molecule has 1 aromatic heterocycles. The number of aromatic nitrogens is 2. The van der Waals surface area contributed by atoms with E-state index in [9.17, 15) is 4.39 Å². The zero-order chi connectivity index (χ0) is 10.1. The van der Waals surface area contributed by atoms with Crippen LogP contribution in [0, 0.1) is 5.82 Å². The molecule has 0 amide bonds. The second-order valence-corrected chi connectivity index (χ2v) is 2.74. The van der Waals surface area contributed by atoms with Gasteiger partial charge in [-0.3, -0.25) is 0 Å². The summed E-state index contributed by atoms with van der Waals surface area (Å²) in [6.45, 7) is 0. The number of rotatable bonds is 0. The van der Waals surface area contributed by atoms with Crippen LogP contribution >= 0.6 is 0 Å². The summed E-state index contributed by atoms with van der Waals surface area (Å²) in [5.74, 6) is 10.2. The van der Waals surface area contributed by atoms with Crippen molar-refractivity contribution >= 4 is 10.8 Å². The highest BCUT2D eigenvalue weighted by molar-refractivity contribution is 5.80. The van der Waals surface area contributed by atoms with Crippen molar-refractivity contribution in [2.75, 3.05) is 5.84 Å². The molecule has 14 heavy (non-hydrogen) atoms. The Morgan fingerprint density at radius 1 is 1.36 bits per heavy atom. The lowest BCUT2D eigenvalue weighted by Crippen LogP contribution is -2.31. The van der Waals surface area contributed by atoms with Crippen molar-refractivity contribution in [3.05, 3.63) is 35.7 Å². The molecule has 72 valence electrons. The average molecular weight is 193 g/mol. The smallest absolute Gasteiger partial charge is 0.198 e. The molecular weight excluding hydrogens is 185 g/mol. The highest BCUT2D eigenvalue weighted by Crippen LogP contribution is 2.11. The molecule has 0 saturated heterocycles. The van der Waals surface area contributed by atoms with Crippen LogP contribution in [0.15, 0.2) is 29.5 Å². The number of nitrogen functional groups attached to an aromatic ring is 1. The lowest BCUT2D eigenvalue weighted by atomic mass is 10.2. The summed E-state index contributed by atoms with van der Waals surface area (Å²) in [6.07, 6.45) is 1.33. The predicted molar refractivity (Wildman–Crippen MR) is 49.6 cm³/mol. The van der Waals surface area contributed by atoms with Crippen molar-refractivity contribution < 1.29 is 4.39 Å². The Morgan fingerprint density at radius 3 is 2.86 bits per heavy atom. The third-order valence-corrected chi connectivity index (χ3v) is 1.94. The van der Waals surface area contributed by atoms with Crippen LogP contribution < -0.4 is 17.2 Å². The van der Waals surface area contributed by atoms with Gasteiger partial charge in [-0.05, 0) is 6.07 Å². The molecule has 6 heteroatoms. The van der Waals surface area contributed by atoms with Gasteiger partial charge in [0.25, 0.3) is 0 Å². The quantitative estimate of drug-likeness (QED) is 0.443. The number of fused-ring (bicyclic) bond motifs is 1. The van der Waals surface area contributed by atoms with Gasteiger partial charge >= 0.3 is 0 Å². The Labute approximate surface area is 78.4 Å². The van der Waals surface area contributed by atoms with E-state index in [0.29, 0.717) is 10.8 Å². The summed E-state index contributed by atoms with van der Waals surface area (Å²) >= 11 is 0. The Morgan fingerprint density at radius 2 is 2.14 bits per heavy atom. The Hall–Kier alpha value is -2.11. The summed E-state index contributed by atoms with van der Waals surface area (Å²) in [5.41, 5.74) is 0.238. The van der Waals surface area contributed by atoms with E-state index in [0.717, 1.165) is 4.79 Å².